The largest absolute Gasteiger partial charge is 0.597 e. The third-order valence-electron chi connectivity index (χ3n) is 5.27. The number of benzene rings is 1. The highest BCUT2D eigenvalue weighted by Gasteiger charge is 2.38. The quantitative estimate of drug-likeness (QED) is 0.413. The molecule has 0 spiro atoms. The van der Waals surface area contributed by atoms with Crippen molar-refractivity contribution >= 4 is 17.3 Å². The molecule has 32 heavy (non-hydrogen) atoms. The minimum atomic E-state index is -1.18. The average Bonchev–Trinajstić information content (AvgIpc) is 3.22. The van der Waals surface area contributed by atoms with Crippen molar-refractivity contribution in [2.24, 2.45) is 0 Å². The van der Waals surface area contributed by atoms with Crippen LogP contribution in [0.3, 0.4) is 0 Å². The summed E-state index contributed by atoms with van der Waals surface area (Å²) in [4.78, 5) is 21.4. The lowest BCUT2D eigenvalue weighted by atomic mass is 9.98. The molecule has 0 bridgehead atoms. The van der Waals surface area contributed by atoms with Gasteiger partial charge >= 0.3 is 5.97 Å². The number of hydrogen-bond donors (Lipinski definition) is 0. The van der Waals surface area contributed by atoms with Gasteiger partial charge in [-0.15, -0.1) is 4.31 Å². The minimum absolute atomic E-state index is 0.274. The number of pyridine rings is 2. The average molecular weight is 450 g/mol. The molecular weight excluding hydrogens is 422 g/mol. The Morgan fingerprint density at radius 2 is 1.88 bits per heavy atom. The first-order valence-corrected chi connectivity index (χ1v) is 11.8. The zero-order valence-electron chi connectivity index (χ0n) is 18.8. The molecule has 4 rings (SSSR count). The van der Waals surface area contributed by atoms with Crippen LogP contribution in [0.4, 0.5) is 0 Å². The maximum atomic E-state index is 13.1. The van der Waals surface area contributed by atoms with Crippen molar-refractivity contribution < 1.29 is 14.1 Å². The molecule has 7 heteroatoms. The van der Waals surface area contributed by atoms with Crippen LogP contribution in [-0.4, -0.2) is 36.1 Å². The molecule has 1 aromatic carbocycles. The van der Waals surface area contributed by atoms with E-state index in [-0.39, 0.29) is 17.0 Å². The summed E-state index contributed by atoms with van der Waals surface area (Å²) in [7, 11) is 0. The van der Waals surface area contributed by atoms with E-state index in [0.29, 0.717) is 13.1 Å². The van der Waals surface area contributed by atoms with E-state index in [4.69, 9.17) is 9.72 Å². The van der Waals surface area contributed by atoms with Gasteiger partial charge in [-0.1, -0.05) is 24.3 Å². The van der Waals surface area contributed by atoms with Crippen molar-refractivity contribution in [1.82, 2.24) is 14.3 Å². The SMILES string of the molecule is CCOC(=O)c1cc2c(c(-c3cccc(-c4cccnc4)c3)n1)CN([S@+]([O-])C(C)(C)C)C2. The summed E-state index contributed by atoms with van der Waals surface area (Å²) in [6, 6.07) is 13.7. The first kappa shape index (κ1) is 22.5. The lowest BCUT2D eigenvalue weighted by molar-refractivity contribution is 0.0519. The van der Waals surface area contributed by atoms with Gasteiger partial charge in [-0.05, 0) is 57.0 Å². The zero-order valence-corrected chi connectivity index (χ0v) is 19.6. The van der Waals surface area contributed by atoms with Gasteiger partial charge in [0.2, 0.25) is 0 Å². The summed E-state index contributed by atoms with van der Waals surface area (Å²) in [6.07, 6.45) is 3.56. The number of esters is 1. The molecule has 1 atom stereocenters. The number of ether oxygens (including phenoxy) is 1. The molecule has 0 fully saturated rings. The second-order valence-electron chi connectivity index (χ2n) is 8.70. The van der Waals surface area contributed by atoms with Gasteiger partial charge in [0.25, 0.3) is 0 Å². The Morgan fingerprint density at radius 3 is 2.56 bits per heavy atom. The van der Waals surface area contributed by atoms with Crippen molar-refractivity contribution in [1.29, 1.82) is 0 Å². The van der Waals surface area contributed by atoms with E-state index in [1.165, 1.54) is 0 Å². The Labute approximate surface area is 192 Å². The Kier molecular flexibility index (Phi) is 6.33. The number of carbonyl (C=O) groups is 1. The van der Waals surface area contributed by atoms with Gasteiger partial charge in [0.15, 0.2) is 0 Å². The Bertz CT molecular complexity index is 1130. The molecule has 166 valence electrons. The van der Waals surface area contributed by atoms with E-state index in [1.54, 1.807) is 19.2 Å². The van der Waals surface area contributed by atoms with Crippen LogP contribution < -0.4 is 0 Å². The van der Waals surface area contributed by atoms with E-state index in [2.05, 4.69) is 11.1 Å². The van der Waals surface area contributed by atoms with E-state index >= 15 is 0 Å². The molecule has 0 N–H and O–H groups in total. The van der Waals surface area contributed by atoms with E-state index in [9.17, 15) is 9.35 Å². The van der Waals surface area contributed by atoms with Crippen LogP contribution in [0.25, 0.3) is 22.4 Å². The molecule has 6 nitrogen and oxygen atoms in total. The second-order valence-corrected chi connectivity index (χ2v) is 10.9. The summed E-state index contributed by atoms with van der Waals surface area (Å²) >= 11 is -1.18. The highest BCUT2D eigenvalue weighted by Crippen LogP contribution is 2.37. The number of nitrogens with zero attached hydrogens (tertiary/aromatic N) is 3. The van der Waals surface area contributed by atoms with E-state index < -0.39 is 17.3 Å². The second kappa shape index (κ2) is 9.02. The zero-order chi connectivity index (χ0) is 22.9. The van der Waals surface area contributed by atoms with Gasteiger partial charge in [-0.2, -0.15) is 0 Å². The number of carbonyl (C=O) groups excluding carboxylic acids is 1. The van der Waals surface area contributed by atoms with Gasteiger partial charge in [-0.3, -0.25) is 4.98 Å². The molecule has 3 aromatic rings. The number of hydrogen-bond acceptors (Lipinski definition) is 6. The number of fused-ring (bicyclic) bond motifs is 1. The van der Waals surface area contributed by atoms with Crippen LogP contribution in [0, 0.1) is 0 Å². The van der Waals surface area contributed by atoms with Crippen molar-refractivity contribution in [2.45, 2.75) is 45.5 Å². The molecule has 0 saturated carbocycles. The highest BCUT2D eigenvalue weighted by molar-refractivity contribution is 7.90. The number of aromatic nitrogens is 2. The first-order valence-electron chi connectivity index (χ1n) is 10.7. The molecule has 0 radical (unpaired) electrons. The standard InChI is InChI=1S/C25H27N3O3S/c1-5-31-24(29)22-13-20-15-28(32(30)25(2,3)4)16-21(20)23(27-22)18-9-6-8-17(12-18)19-10-7-11-26-14-19/h6-14H,5,15-16H2,1-4H3/t32-/m1/s1. The molecule has 0 saturated heterocycles. The molecule has 0 amide bonds. The third-order valence-corrected chi connectivity index (χ3v) is 7.05. The van der Waals surface area contributed by atoms with Crippen LogP contribution in [0.1, 0.15) is 49.3 Å². The smallest absolute Gasteiger partial charge is 0.356 e. The van der Waals surface area contributed by atoms with Crippen LogP contribution in [-0.2, 0) is 29.2 Å². The molecular formula is C25H27N3O3S. The minimum Gasteiger partial charge on any atom is -0.597 e. The maximum Gasteiger partial charge on any atom is 0.356 e. The van der Waals surface area contributed by atoms with E-state index in [1.807, 2.05) is 61.6 Å². The van der Waals surface area contributed by atoms with Crippen molar-refractivity contribution in [2.75, 3.05) is 6.61 Å². The molecule has 3 heterocycles. The Morgan fingerprint density at radius 1 is 1.12 bits per heavy atom. The van der Waals surface area contributed by atoms with Crippen LogP contribution in [0.15, 0.2) is 54.9 Å². The number of rotatable bonds is 5. The van der Waals surface area contributed by atoms with Crippen LogP contribution >= 0.6 is 0 Å². The molecule has 2 aromatic heterocycles. The van der Waals surface area contributed by atoms with Gasteiger partial charge in [0.1, 0.15) is 10.4 Å². The van der Waals surface area contributed by atoms with Crippen LogP contribution in [0.5, 0.6) is 0 Å². The molecule has 0 aliphatic carbocycles. The topological polar surface area (TPSA) is 78.4 Å². The summed E-state index contributed by atoms with van der Waals surface area (Å²) < 4.78 is 19.8. The van der Waals surface area contributed by atoms with Gasteiger partial charge in [-0.25, -0.2) is 9.78 Å². The summed E-state index contributed by atoms with van der Waals surface area (Å²) in [5.74, 6) is -0.449. The van der Waals surface area contributed by atoms with Crippen molar-refractivity contribution in [3.8, 4) is 22.4 Å². The Hall–Kier alpha value is -2.74. The Balaban J connectivity index is 1.80. The fourth-order valence-electron chi connectivity index (χ4n) is 3.80. The normalized spacial score (nSPS) is 14.8. The van der Waals surface area contributed by atoms with Gasteiger partial charge < -0.3 is 9.29 Å². The van der Waals surface area contributed by atoms with Crippen molar-refractivity contribution in [3.05, 3.63) is 71.7 Å². The predicted molar refractivity (Wildman–Crippen MR) is 126 cm³/mol. The highest BCUT2D eigenvalue weighted by atomic mass is 32.2. The first-order chi connectivity index (χ1) is 15.3. The summed E-state index contributed by atoms with van der Waals surface area (Å²) in [5.41, 5.74) is 5.88. The lowest BCUT2D eigenvalue weighted by Crippen LogP contribution is -2.40. The van der Waals surface area contributed by atoms with Crippen LogP contribution in [0.2, 0.25) is 0 Å². The summed E-state index contributed by atoms with van der Waals surface area (Å²) in [6.45, 7) is 8.97. The maximum absolute atomic E-state index is 13.1. The van der Waals surface area contributed by atoms with Crippen molar-refractivity contribution in [3.63, 3.8) is 0 Å². The van der Waals surface area contributed by atoms with Gasteiger partial charge in [0, 0.05) is 40.4 Å². The molecule has 1 aliphatic rings. The monoisotopic (exact) mass is 449 g/mol. The van der Waals surface area contributed by atoms with Gasteiger partial charge in [0.05, 0.1) is 25.4 Å². The summed E-state index contributed by atoms with van der Waals surface area (Å²) in [5, 5.41) is 0. The van der Waals surface area contributed by atoms with E-state index in [0.717, 1.165) is 33.5 Å². The fourth-order valence-corrected chi connectivity index (χ4v) is 5.07. The predicted octanol–water partition coefficient (Wildman–Crippen LogP) is 4.77. The molecule has 0 unspecified atom stereocenters. The molecule has 1 aliphatic heterocycles. The third kappa shape index (κ3) is 4.55. The fraction of sp³-hybridized carbons (Fsp3) is 0.320. The lowest BCUT2D eigenvalue weighted by Gasteiger charge is -2.29.